The lowest BCUT2D eigenvalue weighted by Gasteiger charge is -2.23. The van der Waals surface area contributed by atoms with Crippen LogP contribution in [0.4, 0.5) is 0 Å². The molecule has 1 heteroatoms. The molecule has 0 heterocycles. The molecule has 0 bridgehead atoms. The molecule has 29 heavy (non-hydrogen) atoms. The third-order valence-corrected chi connectivity index (χ3v) is 6.52. The van der Waals surface area contributed by atoms with Gasteiger partial charge in [-0.05, 0) is 92.6 Å². The molecule has 2 aliphatic carbocycles. The average molecular weight is 379 g/mol. The molecule has 1 fully saturated rings. The van der Waals surface area contributed by atoms with Crippen LogP contribution in [0.2, 0.25) is 0 Å². The van der Waals surface area contributed by atoms with Crippen LogP contribution in [0.3, 0.4) is 0 Å². The molecule has 144 valence electrons. The first-order chi connectivity index (χ1) is 14.1. The van der Waals surface area contributed by atoms with Crippen molar-refractivity contribution in [2.45, 2.75) is 44.9 Å². The Bertz CT molecular complexity index is 1250. The monoisotopic (exact) mass is 378 g/mol. The topological polar surface area (TPSA) is 17.1 Å². The lowest BCUT2D eigenvalue weighted by Crippen LogP contribution is -2.02. The fraction of sp³-hybridized carbons (Fsp3) is 0.250. The molecule has 0 radical (unpaired) electrons. The van der Waals surface area contributed by atoms with Crippen molar-refractivity contribution >= 4 is 27.8 Å². The van der Waals surface area contributed by atoms with Crippen LogP contribution in [0.1, 0.15) is 61.6 Å². The van der Waals surface area contributed by atoms with Gasteiger partial charge in [0.2, 0.25) is 0 Å². The van der Waals surface area contributed by atoms with Crippen molar-refractivity contribution in [1.29, 1.82) is 0 Å². The van der Waals surface area contributed by atoms with Crippen LogP contribution in [-0.4, -0.2) is 6.29 Å². The maximum atomic E-state index is 8.81. The summed E-state index contributed by atoms with van der Waals surface area (Å²) in [6.07, 6.45) is 2.06. The van der Waals surface area contributed by atoms with Crippen LogP contribution in [0, 0.1) is 0 Å². The predicted octanol–water partition coefficient (Wildman–Crippen LogP) is 7.57. The van der Waals surface area contributed by atoms with Crippen molar-refractivity contribution < 1.29 is 4.79 Å². The minimum absolute atomic E-state index is 0.574. The molecule has 4 aromatic rings. The molecule has 0 amide bonds. The van der Waals surface area contributed by atoms with Gasteiger partial charge in [0.05, 0.1) is 0 Å². The summed E-state index contributed by atoms with van der Waals surface area (Å²) in [5.74, 6) is 2.02. The number of rotatable bonds is 1. The fourth-order valence-corrected chi connectivity index (χ4v) is 5.02. The number of fused-ring (bicyclic) bond motifs is 9. The van der Waals surface area contributed by atoms with E-state index < -0.39 is 0 Å². The molecular formula is C28H26O. The first-order valence-electron chi connectivity index (χ1n) is 10.6. The summed E-state index contributed by atoms with van der Waals surface area (Å²) in [5.41, 5.74) is 7.59. The second-order valence-corrected chi connectivity index (χ2v) is 8.63. The van der Waals surface area contributed by atoms with E-state index in [1.807, 2.05) is 0 Å². The van der Waals surface area contributed by atoms with Gasteiger partial charge in [0.1, 0.15) is 6.29 Å². The lowest BCUT2D eigenvalue weighted by molar-refractivity contribution is -0.106. The first kappa shape index (κ1) is 18.1. The van der Waals surface area contributed by atoms with E-state index in [1.165, 1.54) is 51.6 Å². The summed E-state index contributed by atoms with van der Waals surface area (Å²) < 4.78 is 0. The summed E-state index contributed by atoms with van der Waals surface area (Å²) in [5, 5.41) is 5.55. The summed E-state index contributed by atoms with van der Waals surface area (Å²) in [6.45, 7) is 6.02. The molecule has 0 aliphatic heterocycles. The molecule has 2 atom stereocenters. The van der Waals surface area contributed by atoms with Gasteiger partial charge in [-0.25, -0.2) is 0 Å². The highest BCUT2D eigenvalue weighted by molar-refractivity contribution is 6.03. The Morgan fingerprint density at radius 1 is 0.828 bits per heavy atom. The van der Waals surface area contributed by atoms with Crippen molar-refractivity contribution in [2.24, 2.45) is 0 Å². The highest BCUT2D eigenvalue weighted by Gasteiger charge is 2.46. The Morgan fingerprint density at radius 2 is 1.55 bits per heavy atom. The summed E-state index contributed by atoms with van der Waals surface area (Å²) in [4.78, 5) is 8.81. The van der Waals surface area contributed by atoms with Crippen molar-refractivity contribution in [1.82, 2.24) is 0 Å². The SMILES string of the molecule is CC(C)c1ccc2c(c1)-c1ccc3cc4ccccc4cc3c1C1CC21.CC=O. The predicted molar refractivity (Wildman–Crippen MR) is 123 cm³/mol. The molecule has 0 saturated heterocycles. The van der Waals surface area contributed by atoms with Gasteiger partial charge in [-0.2, -0.15) is 0 Å². The van der Waals surface area contributed by atoms with E-state index in [9.17, 15) is 0 Å². The van der Waals surface area contributed by atoms with Crippen molar-refractivity contribution in [2.75, 3.05) is 0 Å². The second-order valence-electron chi connectivity index (χ2n) is 8.63. The number of carbonyl (C=O) groups is 1. The zero-order valence-electron chi connectivity index (χ0n) is 17.3. The van der Waals surface area contributed by atoms with Crippen LogP contribution >= 0.6 is 0 Å². The standard InChI is InChI=1S/C26H22.C2H4O/c1-15(2)16-7-9-20-23(12-16)21-10-8-19-11-17-5-3-4-6-18(17)13-22(19)26(21)25-14-24(20)25;1-2-3/h3-13,15,24-25H,14H2,1-2H3;2H,1H3. The van der Waals surface area contributed by atoms with E-state index in [4.69, 9.17) is 4.79 Å². The van der Waals surface area contributed by atoms with E-state index in [1.54, 1.807) is 11.1 Å². The van der Waals surface area contributed by atoms with Gasteiger partial charge in [-0.1, -0.05) is 68.4 Å². The number of benzene rings is 4. The smallest absolute Gasteiger partial charge is 0.116 e. The molecule has 2 aliphatic rings. The zero-order chi connectivity index (χ0) is 20.1. The van der Waals surface area contributed by atoms with Gasteiger partial charge in [-0.15, -0.1) is 0 Å². The van der Waals surface area contributed by atoms with Gasteiger partial charge in [0.25, 0.3) is 0 Å². The van der Waals surface area contributed by atoms with Gasteiger partial charge in [-0.3, -0.25) is 0 Å². The third-order valence-electron chi connectivity index (χ3n) is 6.52. The Labute approximate surface area is 172 Å². The van der Waals surface area contributed by atoms with Crippen molar-refractivity contribution in [3.8, 4) is 11.1 Å². The molecule has 6 rings (SSSR count). The Morgan fingerprint density at radius 3 is 2.28 bits per heavy atom. The van der Waals surface area contributed by atoms with E-state index in [2.05, 4.69) is 80.6 Å². The van der Waals surface area contributed by atoms with Crippen LogP contribution < -0.4 is 0 Å². The van der Waals surface area contributed by atoms with Crippen molar-refractivity contribution in [3.05, 3.63) is 83.4 Å². The highest BCUT2D eigenvalue weighted by atomic mass is 16.1. The number of hydrogen-bond donors (Lipinski definition) is 0. The van der Waals surface area contributed by atoms with E-state index >= 15 is 0 Å². The Kier molecular flexibility index (Phi) is 4.28. The highest BCUT2D eigenvalue weighted by Crippen LogP contribution is 2.63. The minimum atomic E-state index is 0.574. The molecule has 4 aromatic carbocycles. The quantitative estimate of drug-likeness (QED) is 0.246. The maximum absolute atomic E-state index is 8.81. The Balaban J connectivity index is 0.000000573. The van der Waals surface area contributed by atoms with E-state index in [0.29, 0.717) is 11.8 Å². The maximum Gasteiger partial charge on any atom is 0.116 e. The molecule has 0 aromatic heterocycles. The summed E-state index contributed by atoms with van der Waals surface area (Å²) >= 11 is 0. The van der Waals surface area contributed by atoms with Crippen LogP contribution in [0.15, 0.2) is 66.7 Å². The van der Waals surface area contributed by atoms with Gasteiger partial charge in [0, 0.05) is 0 Å². The first-order valence-corrected chi connectivity index (χ1v) is 10.6. The number of aldehydes is 1. The largest absolute Gasteiger partial charge is 0.304 e. The Hall–Kier alpha value is -2.93. The number of carbonyl (C=O) groups excluding carboxylic acids is 1. The van der Waals surface area contributed by atoms with Crippen LogP contribution in [-0.2, 0) is 4.79 Å². The van der Waals surface area contributed by atoms with Gasteiger partial charge < -0.3 is 4.79 Å². The molecule has 1 saturated carbocycles. The van der Waals surface area contributed by atoms with Crippen molar-refractivity contribution in [3.63, 3.8) is 0 Å². The molecule has 1 nitrogen and oxygen atoms in total. The normalized spacial score (nSPS) is 18.5. The van der Waals surface area contributed by atoms with Crippen LogP contribution in [0.5, 0.6) is 0 Å². The third kappa shape index (κ3) is 2.88. The second kappa shape index (κ2) is 6.84. The van der Waals surface area contributed by atoms with Gasteiger partial charge in [0.15, 0.2) is 0 Å². The molecule has 0 N–H and O–H groups in total. The molecule has 0 spiro atoms. The van der Waals surface area contributed by atoms with Gasteiger partial charge >= 0.3 is 0 Å². The lowest BCUT2D eigenvalue weighted by atomic mass is 9.81. The fourth-order valence-electron chi connectivity index (χ4n) is 5.02. The minimum Gasteiger partial charge on any atom is -0.304 e. The van der Waals surface area contributed by atoms with E-state index in [-0.39, 0.29) is 0 Å². The summed E-state index contributed by atoms with van der Waals surface area (Å²) in [6, 6.07) is 25.4. The molecule has 2 unspecified atom stereocenters. The average Bonchev–Trinajstić information content (AvgIpc) is 3.53. The number of hydrogen-bond acceptors (Lipinski definition) is 1. The van der Waals surface area contributed by atoms with E-state index in [0.717, 1.165) is 12.2 Å². The van der Waals surface area contributed by atoms with Crippen LogP contribution in [0.25, 0.3) is 32.7 Å². The molecular weight excluding hydrogens is 352 g/mol. The summed E-state index contributed by atoms with van der Waals surface area (Å²) in [7, 11) is 0. The zero-order valence-corrected chi connectivity index (χ0v) is 17.3.